The van der Waals surface area contributed by atoms with Gasteiger partial charge in [0.15, 0.2) is 5.82 Å². The predicted molar refractivity (Wildman–Crippen MR) is 76.7 cm³/mol. The Bertz CT molecular complexity index is 624. The molecule has 0 unspecified atom stereocenters. The molecule has 1 aromatic rings. The van der Waals surface area contributed by atoms with E-state index in [9.17, 15) is 10.1 Å². The number of nitriles is 1. The molecule has 3 aliphatic rings. The number of hydrogen-bond acceptors (Lipinski definition) is 5. The summed E-state index contributed by atoms with van der Waals surface area (Å²) in [5.74, 6) is 1.94. The van der Waals surface area contributed by atoms with Gasteiger partial charge in [0.05, 0.1) is 6.07 Å². The molecule has 0 aromatic carbocycles. The lowest BCUT2D eigenvalue weighted by Gasteiger charge is -2.30. The maximum absolute atomic E-state index is 12.1. The number of aromatic nitrogens is 2. The quantitative estimate of drug-likeness (QED) is 0.850. The Labute approximate surface area is 129 Å². The number of nitrogens with zero attached hydrogens (tertiary/aromatic N) is 4. The molecule has 1 amide bonds. The summed E-state index contributed by atoms with van der Waals surface area (Å²) in [6, 6.07) is 2.32. The second-order valence-corrected chi connectivity index (χ2v) is 7.00. The Morgan fingerprint density at radius 3 is 2.77 bits per heavy atom. The van der Waals surface area contributed by atoms with E-state index in [2.05, 4.69) is 16.2 Å². The summed E-state index contributed by atoms with van der Waals surface area (Å²) in [6.45, 7) is 1.57. The van der Waals surface area contributed by atoms with Gasteiger partial charge >= 0.3 is 0 Å². The van der Waals surface area contributed by atoms with Crippen LogP contribution in [0.3, 0.4) is 0 Å². The van der Waals surface area contributed by atoms with Crippen LogP contribution in [0.25, 0.3) is 0 Å². The van der Waals surface area contributed by atoms with Gasteiger partial charge in [-0.1, -0.05) is 11.6 Å². The minimum Gasteiger partial charge on any atom is -0.342 e. The lowest BCUT2D eigenvalue weighted by atomic mass is 9.70. The third-order valence-corrected chi connectivity index (χ3v) is 5.56. The van der Waals surface area contributed by atoms with Crippen molar-refractivity contribution in [1.29, 1.82) is 5.26 Å². The number of amides is 1. The van der Waals surface area contributed by atoms with E-state index in [1.807, 2.05) is 4.90 Å². The zero-order valence-electron chi connectivity index (χ0n) is 12.6. The monoisotopic (exact) mass is 300 g/mol. The van der Waals surface area contributed by atoms with Gasteiger partial charge in [0, 0.05) is 25.4 Å². The molecule has 6 heteroatoms. The van der Waals surface area contributed by atoms with Crippen molar-refractivity contribution in [2.24, 2.45) is 5.92 Å². The van der Waals surface area contributed by atoms with E-state index in [0.717, 1.165) is 25.8 Å². The molecule has 0 bridgehead atoms. The second-order valence-electron chi connectivity index (χ2n) is 7.00. The summed E-state index contributed by atoms with van der Waals surface area (Å²) in [6.07, 6.45) is 6.86. The van der Waals surface area contributed by atoms with Crippen LogP contribution in [0, 0.1) is 17.2 Å². The van der Waals surface area contributed by atoms with Crippen molar-refractivity contribution in [3.8, 4) is 6.07 Å². The largest absolute Gasteiger partial charge is 0.342 e. The van der Waals surface area contributed by atoms with Crippen LogP contribution >= 0.6 is 0 Å². The lowest BCUT2D eigenvalue weighted by Crippen LogP contribution is -2.33. The maximum Gasteiger partial charge on any atom is 0.247 e. The first-order chi connectivity index (χ1) is 10.7. The van der Waals surface area contributed by atoms with E-state index in [-0.39, 0.29) is 11.8 Å². The summed E-state index contributed by atoms with van der Waals surface area (Å²) in [5.41, 5.74) is -0.570. The van der Waals surface area contributed by atoms with Crippen LogP contribution in [0.1, 0.15) is 62.6 Å². The third kappa shape index (κ3) is 2.11. The van der Waals surface area contributed by atoms with Crippen molar-refractivity contribution in [1.82, 2.24) is 15.0 Å². The molecule has 3 fully saturated rings. The zero-order chi connectivity index (χ0) is 15.2. The highest BCUT2D eigenvalue weighted by atomic mass is 16.5. The molecule has 116 valence electrons. The SMILES string of the molecule is N#CC1(c2nc([C@@H]3CC(=O)N(CC4CCC4)C3)no2)CCC1. The number of hydrogen-bond donors (Lipinski definition) is 0. The average Bonchev–Trinajstić information content (AvgIpc) is 3.01. The van der Waals surface area contributed by atoms with Gasteiger partial charge in [0.25, 0.3) is 0 Å². The van der Waals surface area contributed by atoms with Gasteiger partial charge in [-0.25, -0.2) is 0 Å². The molecular weight excluding hydrogens is 280 g/mol. The highest BCUT2D eigenvalue weighted by Gasteiger charge is 2.45. The van der Waals surface area contributed by atoms with Gasteiger partial charge in [0.2, 0.25) is 11.8 Å². The number of carbonyl (C=O) groups excluding carboxylic acids is 1. The van der Waals surface area contributed by atoms with Gasteiger partial charge in [0.1, 0.15) is 5.41 Å². The fraction of sp³-hybridized carbons (Fsp3) is 0.750. The van der Waals surface area contributed by atoms with E-state index in [0.29, 0.717) is 30.6 Å². The molecule has 1 aliphatic heterocycles. The van der Waals surface area contributed by atoms with E-state index < -0.39 is 5.41 Å². The Morgan fingerprint density at radius 1 is 1.36 bits per heavy atom. The smallest absolute Gasteiger partial charge is 0.247 e. The predicted octanol–water partition coefficient (Wildman–Crippen LogP) is 2.13. The van der Waals surface area contributed by atoms with E-state index in [4.69, 9.17) is 4.52 Å². The van der Waals surface area contributed by atoms with Gasteiger partial charge in [-0.3, -0.25) is 4.79 Å². The standard InChI is InChI=1S/C16H20N4O2/c17-10-16(5-2-6-16)15-18-14(19-22-15)12-7-13(21)20(9-12)8-11-3-1-4-11/h11-12H,1-9H2/t12-/m1/s1. The van der Waals surface area contributed by atoms with Crippen molar-refractivity contribution < 1.29 is 9.32 Å². The van der Waals surface area contributed by atoms with Crippen molar-refractivity contribution in [2.45, 2.75) is 56.3 Å². The second kappa shape index (κ2) is 5.08. The fourth-order valence-corrected chi connectivity index (χ4v) is 3.61. The zero-order valence-corrected chi connectivity index (χ0v) is 12.6. The Balaban J connectivity index is 1.45. The highest BCUT2D eigenvalue weighted by Crippen LogP contribution is 2.43. The summed E-state index contributed by atoms with van der Waals surface area (Å²) < 4.78 is 5.35. The summed E-state index contributed by atoms with van der Waals surface area (Å²) in [5, 5.41) is 13.4. The molecule has 2 heterocycles. The number of likely N-dealkylation sites (tertiary alicyclic amines) is 1. The minimum atomic E-state index is -0.570. The first-order valence-corrected chi connectivity index (χ1v) is 8.23. The molecule has 1 saturated heterocycles. The van der Waals surface area contributed by atoms with Crippen molar-refractivity contribution in [2.75, 3.05) is 13.1 Å². The maximum atomic E-state index is 12.1. The molecule has 4 rings (SSSR count). The molecule has 1 atom stereocenters. The number of rotatable bonds is 4. The van der Waals surface area contributed by atoms with Crippen LogP contribution in [0.5, 0.6) is 0 Å². The van der Waals surface area contributed by atoms with Gasteiger partial charge in [-0.05, 0) is 38.0 Å². The molecule has 1 aromatic heterocycles. The summed E-state index contributed by atoms with van der Waals surface area (Å²) >= 11 is 0. The van der Waals surface area contributed by atoms with Crippen molar-refractivity contribution in [3.05, 3.63) is 11.7 Å². The van der Waals surface area contributed by atoms with Crippen LogP contribution in [0.2, 0.25) is 0 Å². The molecule has 0 radical (unpaired) electrons. The van der Waals surface area contributed by atoms with Gasteiger partial charge in [-0.2, -0.15) is 10.2 Å². The van der Waals surface area contributed by atoms with Gasteiger partial charge < -0.3 is 9.42 Å². The molecule has 0 N–H and O–H groups in total. The molecule has 2 aliphatic carbocycles. The third-order valence-electron chi connectivity index (χ3n) is 5.56. The van der Waals surface area contributed by atoms with Crippen molar-refractivity contribution >= 4 is 5.91 Å². The molecule has 22 heavy (non-hydrogen) atoms. The first-order valence-electron chi connectivity index (χ1n) is 8.23. The summed E-state index contributed by atoms with van der Waals surface area (Å²) in [7, 11) is 0. The fourth-order valence-electron chi connectivity index (χ4n) is 3.61. The number of carbonyl (C=O) groups is 1. The average molecular weight is 300 g/mol. The Morgan fingerprint density at radius 2 is 2.18 bits per heavy atom. The van der Waals surface area contributed by atoms with Crippen LogP contribution in [-0.2, 0) is 10.2 Å². The highest BCUT2D eigenvalue weighted by molar-refractivity contribution is 5.79. The van der Waals surface area contributed by atoms with Gasteiger partial charge in [-0.15, -0.1) is 0 Å². The van der Waals surface area contributed by atoms with Crippen LogP contribution in [-0.4, -0.2) is 34.0 Å². The summed E-state index contributed by atoms with van der Waals surface area (Å²) in [4.78, 5) is 18.6. The molecule has 2 saturated carbocycles. The normalized spacial score (nSPS) is 27.3. The van der Waals surface area contributed by atoms with E-state index in [1.165, 1.54) is 19.3 Å². The topological polar surface area (TPSA) is 83.0 Å². The van der Waals surface area contributed by atoms with Crippen LogP contribution in [0.4, 0.5) is 0 Å². The van der Waals surface area contributed by atoms with Crippen LogP contribution < -0.4 is 0 Å². The van der Waals surface area contributed by atoms with Crippen LogP contribution in [0.15, 0.2) is 4.52 Å². The molecule has 0 spiro atoms. The Hall–Kier alpha value is -1.90. The molecular formula is C16H20N4O2. The van der Waals surface area contributed by atoms with Crippen molar-refractivity contribution in [3.63, 3.8) is 0 Å². The first kappa shape index (κ1) is 13.7. The minimum absolute atomic E-state index is 0.0147. The van der Waals surface area contributed by atoms with E-state index >= 15 is 0 Å². The lowest BCUT2D eigenvalue weighted by molar-refractivity contribution is -0.128. The molecule has 6 nitrogen and oxygen atoms in total. The van der Waals surface area contributed by atoms with E-state index in [1.54, 1.807) is 0 Å². The Kier molecular flexibility index (Phi) is 3.17.